The van der Waals surface area contributed by atoms with Crippen LogP contribution in [-0.4, -0.2) is 46.3 Å². The molecule has 2 rings (SSSR count). The Kier molecular flexibility index (Phi) is 5.85. The van der Waals surface area contributed by atoms with Crippen LogP contribution in [0.3, 0.4) is 0 Å². The van der Waals surface area contributed by atoms with Gasteiger partial charge in [0.25, 0.3) is 0 Å². The van der Waals surface area contributed by atoms with Gasteiger partial charge in [0.1, 0.15) is 11.7 Å². The second-order valence-corrected chi connectivity index (χ2v) is 6.50. The van der Waals surface area contributed by atoms with Crippen molar-refractivity contribution in [1.29, 1.82) is 0 Å². The minimum Gasteiger partial charge on any atom is -0.481 e. The Hall–Kier alpha value is -1.45. The van der Waals surface area contributed by atoms with E-state index in [-0.39, 0.29) is 25.2 Å². The first-order valence-electron chi connectivity index (χ1n) is 7.54. The molecule has 1 amide bonds. The summed E-state index contributed by atoms with van der Waals surface area (Å²) in [4.78, 5) is 35.1. The van der Waals surface area contributed by atoms with E-state index in [0.717, 1.165) is 0 Å². The third kappa shape index (κ3) is 2.55. The van der Waals surface area contributed by atoms with Gasteiger partial charge in [0, 0.05) is 5.41 Å². The number of carbonyl (C=O) groups is 3. The van der Waals surface area contributed by atoms with E-state index in [2.05, 4.69) is 0 Å². The summed E-state index contributed by atoms with van der Waals surface area (Å²) < 4.78 is 14.2. The summed E-state index contributed by atoms with van der Waals surface area (Å²) in [5, 5.41) is 18.8. The number of carboxylic acids is 2. The summed E-state index contributed by atoms with van der Waals surface area (Å²) >= 11 is 0. The lowest BCUT2D eigenvalue weighted by Gasteiger charge is -2.38. The minimum absolute atomic E-state index is 0. The highest BCUT2D eigenvalue weighted by atomic mass is 35.5. The van der Waals surface area contributed by atoms with E-state index in [1.54, 1.807) is 0 Å². The van der Waals surface area contributed by atoms with Crippen molar-refractivity contribution in [2.45, 2.75) is 37.4 Å². The van der Waals surface area contributed by atoms with E-state index in [4.69, 9.17) is 17.2 Å². The normalized spacial score (nSPS) is 36.1. The van der Waals surface area contributed by atoms with Crippen molar-refractivity contribution in [2.24, 2.45) is 40.4 Å². The van der Waals surface area contributed by atoms with E-state index in [1.807, 2.05) is 0 Å². The lowest BCUT2D eigenvalue weighted by atomic mass is 9.68. The summed E-state index contributed by atoms with van der Waals surface area (Å²) in [7, 11) is 0. The molecule has 0 heterocycles. The van der Waals surface area contributed by atoms with E-state index in [9.17, 15) is 29.0 Å². The molecule has 0 aromatic carbocycles. The molecule has 6 atom stereocenters. The fourth-order valence-electron chi connectivity index (χ4n) is 4.64. The number of hydrogen-bond acceptors (Lipinski definition) is 5. The zero-order valence-electron chi connectivity index (χ0n) is 13.0. The molecule has 2 aliphatic rings. The molecule has 0 spiro atoms. The van der Waals surface area contributed by atoms with Crippen molar-refractivity contribution in [1.82, 2.24) is 0 Å². The lowest BCUT2D eigenvalue weighted by molar-refractivity contribution is -0.151. The van der Waals surface area contributed by atoms with Crippen LogP contribution >= 0.6 is 12.4 Å². The first-order chi connectivity index (χ1) is 10.7. The summed E-state index contributed by atoms with van der Waals surface area (Å²) in [6.45, 7) is 0.335. The fourth-order valence-corrected chi connectivity index (χ4v) is 4.64. The number of fused-ring (bicyclic) bond motifs is 1. The number of rotatable bonds is 8. The van der Waals surface area contributed by atoms with Crippen LogP contribution in [0.15, 0.2) is 0 Å². The van der Waals surface area contributed by atoms with E-state index in [0.29, 0.717) is 19.4 Å². The molecular formula is C14H23ClFN3O5. The number of amides is 1. The first-order valence-corrected chi connectivity index (χ1v) is 7.54. The molecule has 8 nitrogen and oxygen atoms in total. The molecule has 2 fully saturated rings. The Balaban J connectivity index is 0.00000288. The van der Waals surface area contributed by atoms with Gasteiger partial charge in [0.2, 0.25) is 5.91 Å². The summed E-state index contributed by atoms with van der Waals surface area (Å²) in [6.07, 6.45) is -1.11. The number of hydrogen-bond donors (Lipinski definition) is 5. The smallest absolute Gasteiger partial charge is 0.310 e. The SMILES string of the molecule is Cl.NCCCC[C@@](N)(C(N)=O)[C@@]12C(C(=O)O)[C@@H](F)C[C@@H]1[C@@H]2C(=O)O. The maximum absolute atomic E-state index is 14.2. The van der Waals surface area contributed by atoms with E-state index < -0.39 is 52.7 Å². The summed E-state index contributed by atoms with van der Waals surface area (Å²) in [6, 6.07) is 0. The predicted octanol–water partition coefficient (Wildman–Crippen LogP) is -0.520. The number of halogens is 2. The number of unbranched alkanes of at least 4 members (excludes halogenated alkanes) is 1. The zero-order valence-corrected chi connectivity index (χ0v) is 13.8. The third-order valence-corrected chi connectivity index (χ3v) is 5.55. The second kappa shape index (κ2) is 6.81. The number of alkyl halides is 1. The highest BCUT2D eigenvalue weighted by Gasteiger charge is 2.85. The molecule has 0 radical (unpaired) electrons. The molecule has 8 N–H and O–H groups in total. The maximum atomic E-state index is 14.2. The number of carboxylic acid groups (broad SMARTS) is 2. The number of primary amides is 1. The van der Waals surface area contributed by atoms with Crippen molar-refractivity contribution < 1.29 is 29.0 Å². The van der Waals surface area contributed by atoms with Crippen LogP contribution in [0.25, 0.3) is 0 Å². The minimum atomic E-state index is -1.89. The predicted molar refractivity (Wildman–Crippen MR) is 84.0 cm³/mol. The van der Waals surface area contributed by atoms with Crippen molar-refractivity contribution in [3.05, 3.63) is 0 Å². The fraction of sp³-hybridized carbons (Fsp3) is 0.786. The molecule has 2 saturated carbocycles. The van der Waals surface area contributed by atoms with Gasteiger partial charge in [0.05, 0.1) is 11.8 Å². The Morgan fingerprint density at radius 2 is 1.71 bits per heavy atom. The summed E-state index contributed by atoms with van der Waals surface area (Å²) in [5.74, 6) is -7.38. The molecule has 2 aliphatic carbocycles. The maximum Gasteiger partial charge on any atom is 0.310 e. The third-order valence-electron chi connectivity index (χ3n) is 5.55. The second-order valence-electron chi connectivity index (χ2n) is 6.50. The Morgan fingerprint density at radius 3 is 2.12 bits per heavy atom. The zero-order chi connectivity index (χ0) is 17.6. The standard InChI is InChI=1S/C14H22FN3O5.ClH/c15-7-5-6-8(10(19)20)14(6,9(7)11(21)22)13(18,12(17)23)3-1-2-4-16;/h6-9H,1-5,16,18H2,(H2,17,23)(H,19,20)(H,21,22);1H/t6-,7+,8-,9?,13-,14+;/m1./s1. The van der Waals surface area contributed by atoms with Gasteiger partial charge in [-0.25, -0.2) is 4.39 Å². The van der Waals surface area contributed by atoms with Crippen molar-refractivity contribution in [3.63, 3.8) is 0 Å². The van der Waals surface area contributed by atoms with Crippen molar-refractivity contribution in [3.8, 4) is 0 Å². The average Bonchev–Trinajstić information content (AvgIpc) is 2.97. The topological polar surface area (TPSA) is 170 Å². The van der Waals surface area contributed by atoms with Gasteiger partial charge in [-0.3, -0.25) is 14.4 Å². The first kappa shape index (κ1) is 20.6. The Bertz CT molecular complexity index is 551. The van der Waals surface area contributed by atoms with Crippen LogP contribution in [0.4, 0.5) is 4.39 Å². The van der Waals surface area contributed by atoms with Crippen molar-refractivity contribution in [2.75, 3.05) is 6.54 Å². The summed E-state index contributed by atoms with van der Waals surface area (Å²) in [5.41, 5.74) is 13.4. The molecule has 0 aliphatic heterocycles. The van der Waals surface area contributed by atoms with Gasteiger partial charge in [-0.2, -0.15) is 0 Å². The van der Waals surface area contributed by atoms with Crippen molar-refractivity contribution >= 4 is 30.3 Å². The van der Waals surface area contributed by atoms with Gasteiger partial charge >= 0.3 is 11.9 Å². The number of carbonyl (C=O) groups excluding carboxylic acids is 1. The average molecular weight is 368 g/mol. The largest absolute Gasteiger partial charge is 0.481 e. The molecule has 24 heavy (non-hydrogen) atoms. The highest BCUT2D eigenvalue weighted by Crippen LogP contribution is 2.76. The van der Waals surface area contributed by atoms with Gasteiger partial charge in [-0.15, -0.1) is 12.4 Å². The molecule has 10 heteroatoms. The van der Waals surface area contributed by atoms with Crippen LogP contribution in [-0.2, 0) is 14.4 Å². The molecule has 1 unspecified atom stereocenters. The molecule has 0 bridgehead atoms. The van der Waals surface area contributed by atoms with Gasteiger partial charge < -0.3 is 27.4 Å². The molecule has 0 saturated heterocycles. The monoisotopic (exact) mass is 367 g/mol. The highest BCUT2D eigenvalue weighted by molar-refractivity contribution is 5.92. The molecule has 0 aromatic rings. The molecule has 0 aromatic heterocycles. The van der Waals surface area contributed by atoms with Crippen LogP contribution in [0.2, 0.25) is 0 Å². The van der Waals surface area contributed by atoms with Gasteiger partial charge in [-0.05, 0) is 38.1 Å². The van der Waals surface area contributed by atoms with Crippen LogP contribution < -0.4 is 17.2 Å². The van der Waals surface area contributed by atoms with Crippen LogP contribution in [0.1, 0.15) is 25.7 Å². The van der Waals surface area contributed by atoms with Crippen LogP contribution in [0.5, 0.6) is 0 Å². The Labute approximate surface area is 144 Å². The van der Waals surface area contributed by atoms with Gasteiger partial charge in [0.15, 0.2) is 0 Å². The van der Waals surface area contributed by atoms with E-state index in [1.165, 1.54) is 0 Å². The van der Waals surface area contributed by atoms with Crippen LogP contribution in [0, 0.1) is 23.2 Å². The van der Waals surface area contributed by atoms with Gasteiger partial charge in [-0.1, -0.05) is 0 Å². The quantitative estimate of drug-likeness (QED) is 0.359. The number of aliphatic carboxylic acids is 2. The molecule has 138 valence electrons. The van der Waals surface area contributed by atoms with E-state index >= 15 is 0 Å². The number of nitrogens with two attached hydrogens (primary N) is 3. The molecular weight excluding hydrogens is 345 g/mol. The lowest BCUT2D eigenvalue weighted by Crippen LogP contribution is -2.63. The Morgan fingerprint density at radius 1 is 1.17 bits per heavy atom.